The second-order valence-electron chi connectivity index (χ2n) is 3.92. The fraction of sp³-hybridized carbons (Fsp3) is 0.231. The third kappa shape index (κ3) is 2.20. The van der Waals surface area contributed by atoms with E-state index in [0.29, 0.717) is 23.5 Å². The van der Waals surface area contributed by atoms with Crippen molar-refractivity contribution in [3.63, 3.8) is 0 Å². The van der Waals surface area contributed by atoms with Gasteiger partial charge in [0.25, 0.3) is 11.8 Å². The summed E-state index contributed by atoms with van der Waals surface area (Å²) in [5.74, 6) is 0.271. The summed E-state index contributed by atoms with van der Waals surface area (Å²) in [6, 6.07) is 5.01. The van der Waals surface area contributed by atoms with Crippen LogP contribution in [0.2, 0.25) is 0 Å². The zero-order valence-electron chi connectivity index (χ0n) is 10.1. The molecule has 18 heavy (non-hydrogen) atoms. The van der Waals surface area contributed by atoms with E-state index in [4.69, 9.17) is 4.74 Å². The van der Waals surface area contributed by atoms with E-state index in [0.717, 1.165) is 0 Å². The highest BCUT2D eigenvalue weighted by molar-refractivity contribution is 6.00. The van der Waals surface area contributed by atoms with Gasteiger partial charge in [-0.15, -0.1) is 6.58 Å². The van der Waals surface area contributed by atoms with Gasteiger partial charge in [0.2, 0.25) is 0 Å². The van der Waals surface area contributed by atoms with Gasteiger partial charge >= 0.3 is 0 Å². The van der Waals surface area contributed by atoms with Crippen molar-refractivity contribution in [1.29, 1.82) is 0 Å². The van der Waals surface area contributed by atoms with Gasteiger partial charge in [-0.3, -0.25) is 9.59 Å². The average molecular weight is 246 g/mol. The first-order valence-electron chi connectivity index (χ1n) is 5.56. The third-order valence-corrected chi connectivity index (χ3v) is 2.71. The Hall–Kier alpha value is -2.30. The van der Waals surface area contributed by atoms with Gasteiger partial charge in [0.15, 0.2) is 6.61 Å². The molecule has 0 atom stereocenters. The Bertz CT molecular complexity index is 511. The predicted molar refractivity (Wildman–Crippen MR) is 67.9 cm³/mol. The minimum absolute atomic E-state index is 0.0332. The molecular formula is C13H14N2O3. The maximum Gasteiger partial charge on any atom is 0.264 e. The monoisotopic (exact) mass is 246 g/mol. The number of amides is 2. The summed E-state index contributed by atoms with van der Waals surface area (Å²) in [4.78, 5) is 24.8. The van der Waals surface area contributed by atoms with Gasteiger partial charge in [0.1, 0.15) is 5.75 Å². The lowest BCUT2D eigenvalue weighted by molar-refractivity contribution is -0.120. The van der Waals surface area contributed by atoms with Gasteiger partial charge in [-0.25, -0.2) is 0 Å². The van der Waals surface area contributed by atoms with Crippen molar-refractivity contribution >= 4 is 17.5 Å². The Kier molecular flexibility index (Phi) is 3.32. The van der Waals surface area contributed by atoms with E-state index in [9.17, 15) is 9.59 Å². The van der Waals surface area contributed by atoms with Gasteiger partial charge in [0, 0.05) is 19.2 Å². The van der Waals surface area contributed by atoms with Crippen molar-refractivity contribution in [2.75, 3.05) is 25.1 Å². The minimum atomic E-state index is -0.205. The molecule has 0 bridgehead atoms. The zero-order chi connectivity index (χ0) is 13.1. The van der Waals surface area contributed by atoms with Crippen LogP contribution in [0.15, 0.2) is 30.9 Å². The maximum absolute atomic E-state index is 11.8. The number of anilines is 1. The molecule has 0 saturated carbocycles. The lowest BCUT2D eigenvalue weighted by Crippen LogP contribution is -2.35. The van der Waals surface area contributed by atoms with Gasteiger partial charge in [0.05, 0.1) is 5.69 Å². The third-order valence-electron chi connectivity index (χ3n) is 2.71. The van der Waals surface area contributed by atoms with Crippen LogP contribution in [0.4, 0.5) is 5.69 Å². The van der Waals surface area contributed by atoms with Crippen LogP contribution in [0.25, 0.3) is 0 Å². The Labute approximate surface area is 105 Å². The van der Waals surface area contributed by atoms with Crippen LogP contribution < -0.4 is 15.0 Å². The highest BCUT2D eigenvalue weighted by atomic mass is 16.5. The molecule has 0 radical (unpaired) electrons. The van der Waals surface area contributed by atoms with E-state index >= 15 is 0 Å². The molecule has 0 aliphatic carbocycles. The fourth-order valence-electron chi connectivity index (χ4n) is 1.68. The standard InChI is InChI=1S/C13H14N2O3/c1-3-6-14-13(17)9-4-5-11-10(7-9)15(2)12(16)8-18-11/h3-5,7H,1,6,8H2,2H3,(H,14,17). The summed E-state index contributed by atoms with van der Waals surface area (Å²) in [6.45, 7) is 3.97. The van der Waals surface area contributed by atoms with Crippen LogP contribution in [0.1, 0.15) is 10.4 Å². The number of likely N-dealkylation sites (N-methyl/N-ethyl adjacent to an activating group) is 1. The Morgan fingerprint density at radius 3 is 3.11 bits per heavy atom. The molecular weight excluding hydrogens is 232 g/mol. The summed E-state index contributed by atoms with van der Waals surface area (Å²) in [5, 5.41) is 2.68. The van der Waals surface area contributed by atoms with Gasteiger partial charge in [-0.1, -0.05) is 6.08 Å². The second kappa shape index (κ2) is 4.91. The Morgan fingerprint density at radius 1 is 1.61 bits per heavy atom. The number of carbonyl (C=O) groups is 2. The lowest BCUT2D eigenvalue weighted by Gasteiger charge is -2.26. The Morgan fingerprint density at radius 2 is 2.39 bits per heavy atom. The van der Waals surface area contributed by atoms with Gasteiger partial charge in [-0.2, -0.15) is 0 Å². The summed E-state index contributed by atoms with van der Waals surface area (Å²) in [5.41, 5.74) is 1.10. The molecule has 2 rings (SSSR count). The van der Waals surface area contributed by atoms with Gasteiger partial charge in [-0.05, 0) is 18.2 Å². The first-order valence-corrected chi connectivity index (χ1v) is 5.56. The van der Waals surface area contributed by atoms with Crippen molar-refractivity contribution in [1.82, 2.24) is 5.32 Å². The van der Waals surface area contributed by atoms with Crippen LogP contribution in [-0.4, -0.2) is 32.0 Å². The second-order valence-corrected chi connectivity index (χ2v) is 3.92. The average Bonchev–Trinajstić information content (AvgIpc) is 2.40. The molecule has 94 valence electrons. The SMILES string of the molecule is C=CCNC(=O)c1ccc2c(c1)N(C)C(=O)CO2. The number of nitrogens with zero attached hydrogens (tertiary/aromatic N) is 1. The van der Waals surface area contributed by atoms with Crippen molar-refractivity contribution in [3.05, 3.63) is 36.4 Å². The zero-order valence-corrected chi connectivity index (χ0v) is 10.1. The van der Waals surface area contributed by atoms with E-state index in [1.807, 2.05) is 0 Å². The molecule has 0 spiro atoms. The number of nitrogens with one attached hydrogen (secondary N) is 1. The van der Waals surface area contributed by atoms with Crippen molar-refractivity contribution < 1.29 is 14.3 Å². The van der Waals surface area contributed by atoms with Crippen LogP contribution in [0.3, 0.4) is 0 Å². The quantitative estimate of drug-likeness (QED) is 0.808. The van der Waals surface area contributed by atoms with Crippen molar-refractivity contribution in [2.24, 2.45) is 0 Å². The molecule has 5 nitrogen and oxygen atoms in total. The molecule has 0 fully saturated rings. The normalized spacial score (nSPS) is 13.6. The summed E-state index contributed by atoms with van der Waals surface area (Å²) < 4.78 is 5.28. The van der Waals surface area contributed by atoms with Crippen molar-refractivity contribution in [2.45, 2.75) is 0 Å². The number of fused-ring (bicyclic) bond motifs is 1. The number of ether oxygens (including phenoxy) is 1. The highest BCUT2D eigenvalue weighted by Gasteiger charge is 2.23. The highest BCUT2D eigenvalue weighted by Crippen LogP contribution is 2.31. The van der Waals surface area contributed by atoms with E-state index in [1.165, 1.54) is 4.90 Å². The lowest BCUT2D eigenvalue weighted by atomic mass is 10.1. The molecule has 1 heterocycles. The van der Waals surface area contributed by atoms with Crippen LogP contribution in [0.5, 0.6) is 5.75 Å². The van der Waals surface area contributed by atoms with Crippen LogP contribution >= 0.6 is 0 Å². The van der Waals surface area contributed by atoms with Crippen molar-refractivity contribution in [3.8, 4) is 5.75 Å². The van der Waals surface area contributed by atoms with E-state index in [2.05, 4.69) is 11.9 Å². The predicted octanol–water partition coefficient (Wildman–Crippen LogP) is 0.958. The topological polar surface area (TPSA) is 58.6 Å². The molecule has 0 saturated heterocycles. The maximum atomic E-state index is 11.8. The molecule has 0 unspecified atom stereocenters. The number of hydrogen-bond donors (Lipinski definition) is 1. The first-order chi connectivity index (χ1) is 8.63. The molecule has 1 aromatic carbocycles. The molecule has 1 aromatic rings. The molecule has 1 aliphatic heterocycles. The number of benzene rings is 1. The Balaban J connectivity index is 2.28. The van der Waals surface area contributed by atoms with E-state index < -0.39 is 0 Å². The molecule has 2 amide bonds. The van der Waals surface area contributed by atoms with Crippen LogP contribution in [0, 0.1) is 0 Å². The molecule has 1 aliphatic rings. The fourth-order valence-corrected chi connectivity index (χ4v) is 1.68. The summed E-state index contributed by atoms with van der Waals surface area (Å²) in [6.07, 6.45) is 1.61. The first kappa shape index (κ1) is 12.2. The van der Waals surface area contributed by atoms with E-state index in [1.54, 1.807) is 31.3 Å². The summed E-state index contributed by atoms with van der Waals surface area (Å²) >= 11 is 0. The number of carbonyl (C=O) groups excluding carboxylic acids is 2. The van der Waals surface area contributed by atoms with Gasteiger partial charge < -0.3 is 15.0 Å². The molecule has 1 N–H and O–H groups in total. The van der Waals surface area contributed by atoms with Crippen LogP contribution in [-0.2, 0) is 4.79 Å². The smallest absolute Gasteiger partial charge is 0.264 e. The molecule has 0 aromatic heterocycles. The van der Waals surface area contributed by atoms with E-state index in [-0.39, 0.29) is 18.4 Å². The largest absolute Gasteiger partial charge is 0.482 e. The summed E-state index contributed by atoms with van der Waals surface area (Å²) in [7, 11) is 1.66. The molecule has 5 heteroatoms. The number of hydrogen-bond acceptors (Lipinski definition) is 3. The minimum Gasteiger partial charge on any atom is -0.482 e. The number of rotatable bonds is 3.